The van der Waals surface area contributed by atoms with E-state index in [0.717, 1.165) is 4.68 Å². The number of hydrogen-bond donors (Lipinski definition) is 2. The topological polar surface area (TPSA) is 93.6 Å². The number of ether oxygens (including phenoxy) is 2. The predicted octanol–water partition coefficient (Wildman–Crippen LogP) is 0.827. The summed E-state index contributed by atoms with van der Waals surface area (Å²) in [6.07, 6.45) is 1.59. The molecule has 0 aliphatic carbocycles. The second-order valence-corrected chi connectivity index (χ2v) is 5.73. The lowest BCUT2D eigenvalue weighted by molar-refractivity contribution is 0.0938. The third-order valence-electron chi connectivity index (χ3n) is 4.06. The van der Waals surface area contributed by atoms with Crippen molar-refractivity contribution in [3.8, 4) is 17.2 Å². The summed E-state index contributed by atoms with van der Waals surface area (Å²) in [7, 11) is 3.05. The van der Waals surface area contributed by atoms with E-state index in [2.05, 4.69) is 11.7 Å². The molecule has 27 heavy (non-hydrogen) atoms. The summed E-state index contributed by atoms with van der Waals surface area (Å²) in [6.45, 7) is 3.79. The molecule has 0 fully saturated rings. The van der Waals surface area contributed by atoms with Crippen LogP contribution in [-0.2, 0) is 0 Å². The van der Waals surface area contributed by atoms with E-state index in [4.69, 9.17) is 9.47 Å². The summed E-state index contributed by atoms with van der Waals surface area (Å²) in [5, 5.41) is 13.0. The Kier molecular flexibility index (Phi) is 4.85. The van der Waals surface area contributed by atoms with Crippen LogP contribution in [0.1, 0.15) is 15.9 Å². The first kappa shape index (κ1) is 18.1. The largest absolute Gasteiger partial charge is 0.507 e. The van der Waals surface area contributed by atoms with Crippen molar-refractivity contribution in [2.45, 2.75) is 0 Å². The number of carbonyl (C=O) groups is 1. The van der Waals surface area contributed by atoms with Crippen LogP contribution in [0.15, 0.2) is 47.3 Å². The number of benzene rings is 2. The zero-order valence-corrected chi connectivity index (χ0v) is 14.9. The number of phenolic OH excluding ortho intramolecular Hbond substituents is 1. The van der Waals surface area contributed by atoms with Crippen LogP contribution < -0.4 is 25.6 Å². The summed E-state index contributed by atoms with van der Waals surface area (Å²) in [4.78, 5) is 25.3. The molecule has 138 valence electrons. The smallest absolute Gasteiger partial charge is 0.283 e. The highest BCUT2D eigenvalue weighted by Gasteiger charge is 2.16. The lowest BCUT2D eigenvalue weighted by Crippen LogP contribution is -2.36. The minimum Gasteiger partial charge on any atom is -0.507 e. The maximum Gasteiger partial charge on any atom is 0.283 e. The second kappa shape index (κ2) is 7.25. The Morgan fingerprint density at radius 3 is 2.52 bits per heavy atom. The van der Waals surface area contributed by atoms with E-state index in [1.807, 2.05) is 0 Å². The number of nitrogens with zero attached hydrogens (tertiary/aromatic N) is 1. The van der Waals surface area contributed by atoms with Gasteiger partial charge < -0.3 is 14.6 Å². The minimum atomic E-state index is -0.671. The fourth-order valence-corrected chi connectivity index (χ4v) is 2.67. The summed E-state index contributed by atoms with van der Waals surface area (Å²) < 4.78 is 11.3. The van der Waals surface area contributed by atoms with E-state index in [0.29, 0.717) is 17.1 Å². The third kappa shape index (κ3) is 3.35. The average molecular weight is 366 g/mol. The van der Waals surface area contributed by atoms with Crippen LogP contribution in [0.3, 0.4) is 0 Å². The number of hydrogen-bond acceptors (Lipinski definition) is 5. The van der Waals surface area contributed by atoms with Gasteiger partial charge >= 0.3 is 0 Å². The molecule has 1 aromatic heterocycles. The number of methoxy groups -OCH3 is 2. The molecule has 0 aliphatic heterocycles. The molecule has 3 rings (SSSR count). The van der Waals surface area contributed by atoms with Crippen LogP contribution in [-0.4, -0.2) is 35.0 Å². The first-order chi connectivity index (χ1) is 13.0. The normalized spacial score (nSPS) is 11.4. The zero-order chi connectivity index (χ0) is 19.6. The molecule has 0 radical (unpaired) electrons. The molecule has 1 heterocycles. The molecular formula is C20H18N2O5. The Bertz CT molecular complexity index is 1170. The molecule has 0 amide bonds. The predicted molar refractivity (Wildman–Crippen MR) is 101 cm³/mol. The highest BCUT2D eigenvalue weighted by atomic mass is 16.5. The van der Waals surface area contributed by atoms with Gasteiger partial charge in [-0.3, -0.25) is 14.7 Å². The molecule has 3 aromatic rings. The van der Waals surface area contributed by atoms with Crippen molar-refractivity contribution < 1.29 is 19.4 Å². The fraction of sp³-hybridized carbons (Fsp3) is 0.100. The number of phenols is 1. The summed E-state index contributed by atoms with van der Waals surface area (Å²) in [5.74, 6) is 0.193. The van der Waals surface area contributed by atoms with Gasteiger partial charge in [0.1, 0.15) is 5.75 Å². The van der Waals surface area contributed by atoms with Gasteiger partial charge in [0, 0.05) is 0 Å². The van der Waals surface area contributed by atoms with E-state index < -0.39 is 11.5 Å². The molecule has 2 aromatic carbocycles. The van der Waals surface area contributed by atoms with Gasteiger partial charge in [-0.1, -0.05) is 24.8 Å². The Balaban J connectivity index is 2.11. The number of carbonyl (C=O) groups excluding carboxylic acids is 1. The quantitative estimate of drug-likeness (QED) is 0.713. The first-order valence-corrected chi connectivity index (χ1v) is 8.02. The Hall–Kier alpha value is -3.74. The van der Waals surface area contributed by atoms with Crippen molar-refractivity contribution in [2.75, 3.05) is 14.2 Å². The molecule has 7 nitrogen and oxygen atoms in total. The maximum atomic E-state index is 12.7. The number of H-pyrrole nitrogens is 1. The summed E-state index contributed by atoms with van der Waals surface area (Å²) in [5.41, 5.74) is 0.123. The first-order valence-electron chi connectivity index (χ1n) is 8.02. The number of aromatic amines is 1. The Morgan fingerprint density at radius 1 is 1.15 bits per heavy atom. The van der Waals surface area contributed by atoms with Gasteiger partial charge in [0.2, 0.25) is 0 Å². The van der Waals surface area contributed by atoms with Crippen molar-refractivity contribution in [3.63, 3.8) is 0 Å². The van der Waals surface area contributed by atoms with Gasteiger partial charge in [-0.05, 0) is 35.9 Å². The van der Waals surface area contributed by atoms with Crippen LogP contribution in [0, 0.1) is 0 Å². The van der Waals surface area contributed by atoms with Gasteiger partial charge in [0.05, 0.1) is 30.4 Å². The van der Waals surface area contributed by atoms with E-state index in [1.54, 1.807) is 36.4 Å². The maximum absolute atomic E-state index is 12.7. The molecule has 0 spiro atoms. The summed E-state index contributed by atoms with van der Waals surface area (Å²) in [6, 6.07) is 11.2. The number of nitrogens with one attached hydrogen (secondary N) is 1. The third-order valence-corrected chi connectivity index (χ3v) is 4.06. The minimum absolute atomic E-state index is 0.0125. The molecular weight excluding hydrogens is 348 g/mol. The van der Waals surface area contributed by atoms with Crippen molar-refractivity contribution in [3.05, 3.63) is 74.5 Å². The number of para-hydroxylation sites is 1. The van der Waals surface area contributed by atoms with Gasteiger partial charge in [0.25, 0.3) is 11.5 Å². The van der Waals surface area contributed by atoms with Gasteiger partial charge in [-0.25, -0.2) is 0 Å². The van der Waals surface area contributed by atoms with Crippen LogP contribution in [0.25, 0.3) is 12.7 Å². The number of aromatic hydroxyl groups is 1. The highest BCUT2D eigenvalue weighted by molar-refractivity contribution is 5.97. The molecule has 7 heteroatoms. The van der Waals surface area contributed by atoms with E-state index >= 15 is 0 Å². The number of aromatic nitrogens is 2. The van der Waals surface area contributed by atoms with Crippen molar-refractivity contribution >= 4 is 18.6 Å². The molecule has 0 aliphatic rings. The average Bonchev–Trinajstić information content (AvgIpc) is 2.96. The van der Waals surface area contributed by atoms with Crippen molar-refractivity contribution in [1.29, 1.82) is 0 Å². The van der Waals surface area contributed by atoms with Crippen molar-refractivity contribution in [1.82, 2.24) is 9.78 Å². The Morgan fingerprint density at radius 2 is 1.85 bits per heavy atom. The lowest BCUT2D eigenvalue weighted by atomic mass is 10.1. The monoisotopic (exact) mass is 366 g/mol. The van der Waals surface area contributed by atoms with Crippen LogP contribution in [0.4, 0.5) is 0 Å². The molecule has 2 N–H and O–H groups in total. The fourth-order valence-electron chi connectivity index (χ4n) is 2.67. The summed E-state index contributed by atoms with van der Waals surface area (Å²) >= 11 is 0. The zero-order valence-electron chi connectivity index (χ0n) is 14.9. The second-order valence-electron chi connectivity index (χ2n) is 5.73. The van der Waals surface area contributed by atoms with Gasteiger partial charge in [-0.2, -0.15) is 4.68 Å². The Labute approximate surface area is 154 Å². The number of rotatable bonds is 4. The molecule has 0 saturated heterocycles. The van der Waals surface area contributed by atoms with E-state index in [-0.39, 0.29) is 21.9 Å². The van der Waals surface area contributed by atoms with Crippen LogP contribution >= 0.6 is 0 Å². The lowest BCUT2D eigenvalue weighted by Gasteiger charge is -2.07. The van der Waals surface area contributed by atoms with Gasteiger partial charge in [-0.15, -0.1) is 0 Å². The van der Waals surface area contributed by atoms with E-state index in [1.165, 1.54) is 26.4 Å². The molecule has 0 bridgehead atoms. The van der Waals surface area contributed by atoms with Crippen LogP contribution in [0.2, 0.25) is 0 Å². The molecule has 0 saturated carbocycles. The van der Waals surface area contributed by atoms with Crippen molar-refractivity contribution in [2.24, 2.45) is 0 Å². The SMILES string of the molecule is C=c1[nH]n(C(=O)c2ccccc2O)c(=O)/c1=C/c1ccc(OC)c(OC)c1. The molecule has 0 atom stereocenters. The highest BCUT2D eigenvalue weighted by Crippen LogP contribution is 2.27. The van der Waals surface area contributed by atoms with Crippen LogP contribution in [0.5, 0.6) is 17.2 Å². The van der Waals surface area contributed by atoms with Gasteiger partial charge in [0.15, 0.2) is 11.5 Å². The van der Waals surface area contributed by atoms with E-state index in [9.17, 15) is 14.7 Å². The standard InChI is InChI=1S/C20H18N2O5/c1-12-15(10-13-8-9-17(26-2)18(11-13)27-3)20(25)22(21-12)19(24)14-6-4-5-7-16(14)23/h4-11,21,23H,1H2,2-3H3/b15-10+. The molecule has 0 unspecified atom stereocenters.